The van der Waals surface area contributed by atoms with E-state index in [0.29, 0.717) is 0 Å². The lowest BCUT2D eigenvalue weighted by Gasteiger charge is -1.97. The van der Waals surface area contributed by atoms with Gasteiger partial charge in [0, 0.05) is 0 Å². The first-order valence-electron chi connectivity index (χ1n) is 3.21. The maximum absolute atomic E-state index is 8.50. The normalized spacial score (nSPS) is 8.80. The minimum Gasteiger partial charge on any atom is -0.192 e. The molecule has 0 heterocycles. The Labute approximate surface area is 61.7 Å². The molecule has 2 heteroatoms. The lowest BCUT2D eigenvalue weighted by Crippen LogP contribution is -2.06. The van der Waals surface area contributed by atoms with Crippen molar-refractivity contribution in [2.45, 2.75) is 6.92 Å². The van der Waals surface area contributed by atoms with Gasteiger partial charge >= 0.3 is 0 Å². The van der Waals surface area contributed by atoms with Crippen LogP contribution in [0.4, 0.5) is 0 Å². The number of nitriles is 1. The Hall–Kier alpha value is -1.23. The lowest BCUT2D eigenvalue weighted by molar-refractivity contribution is 1.46. The SMILES string of the molecule is Bc1cc(C#N)ccc1C. The molecule has 0 radical (unpaired) electrons. The fraction of sp³-hybridized carbons (Fsp3) is 0.125. The summed E-state index contributed by atoms with van der Waals surface area (Å²) in [4.78, 5) is 0. The van der Waals surface area contributed by atoms with E-state index in [1.165, 1.54) is 11.0 Å². The molecule has 0 saturated heterocycles. The third-order valence-corrected chi connectivity index (χ3v) is 1.64. The van der Waals surface area contributed by atoms with Crippen molar-refractivity contribution in [2.24, 2.45) is 0 Å². The largest absolute Gasteiger partial charge is 0.192 e. The first-order chi connectivity index (χ1) is 4.74. The van der Waals surface area contributed by atoms with Crippen molar-refractivity contribution in [3.05, 3.63) is 29.3 Å². The van der Waals surface area contributed by atoms with Gasteiger partial charge in [0.15, 0.2) is 0 Å². The van der Waals surface area contributed by atoms with E-state index in [2.05, 4.69) is 6.07 Å². The standard InChI is InChI=1S/C8H8BN/c1-6-2-3-7(5-10)4-8(6)9/h2-4H,9H2,1H3. The summed E-state index contributed by atoms with van der Waals surface area (Å²) in [5, 5.41) is 8.50. The highest BCUT2D eigenvalue weighted by molar-refractivity contribution is 6.33. The molecule has 0 aromatic heterocycles. The Balaban J connectivity index is 3.20. The van der Waals surface area contributed by atoms with Crippen LogP contribution in [0, 0.1) is 18.3 Å². The first kappa shape index (κ1) is 6.89. The number of hydrogen-bond donors (Lipinski definition) is 0. The molecule has 1 nitrogen and oxygen atoms in total. The Morgan fingerprint density at radius 3 is 2.70 bits per heavy atom. The fourth-order valence-corrected chi connectivity index (χ4v) is 0.811. The van der Waals surface area contributed by atoms with Crippen LogP contribution >= 0.6 is 0 Å². The van der Waals surface area contributed by atoms with Crippen LogP contribution in [0.1, 0.15) is 11.1 Å². The van der Waals surface area contributed by atoms with E-state index >= 15 is 0 Å². The second kappa shape index (κ2) is 2.57. The van der Waals surface area contributed by atoms with E-state index in [9.17, 15) is 0 Å². The van der Waals surface area contributed by atoms with Gasteiger partial charge in [-0.25, -0.2) is 0 Å². The van der Waals surface area contributed by atoms with Gasteiger partial charge in [0.25, 0.3) is 0 Å². The van der Waals surface area contributed by atoms with Crippen LogP contribution < -0.4 is 5.46 Å². The molecule has 0 amide bonds. The Morgan fingerprint density at radius 2 is 2.20 bits per heavy atom. The molecule has 10 heavy (non-hydrogen) atoms. The van der Waals surface area contributed by atoms with Crippen molar-refractivity contribution < 1.29 is 0 Å². The Bertz CT molecular complexity index is 286. The summed E-state index contributed by atoms with van der Waals surface area (Å²) >= 11 is 0. The van der Waals surface area contributed by atoms with Gasteiger partial charge in [-0.3, -0.25) is 0 Å². The first-order valence-corrected chi connectivity index (χ1v) is 3.21. The molecule has 48 valence electrons. The highest BCUT2D eigenvalue weighted by Crippen LogP contribution is 1.96. The summed E-state index contributed by atoms with van der Waals surface area (Å²) < 4.78 is 0. The fourth-order valence-electron chi connectivity index (χ4n) is 0.811. The molecule has 0 aliphatic rings. The highest BCUT2D eigenvalue weighted by Gasteiger charge is 1.92. The maximum atomic E-state index is 8.50. The second-order valence-electron chi connectivity index (χ2n) is 2.41. The molecule has 0 spiro atoms. The van der Waals surface area contributed by atoms with Crippen LogP contribution in [0.15, 0.2) is 18.2 Å². The minimum atomic E-state index is 0.739. The van der Waals surface area contributed by atoms with Crippen molar-refractivity contribution in [2.75, 3.05) is 0 Å². The quantitative estimate of drug-likeness (QED) is 0.456. The molecule has 0 aliphatic carbocycles. The van der Waals surface area contributed by atoms with E-state index in [1.807, 2.05) is 33.0 Å². The summed E-state index contributed by atoms with van der Waals surface area (Å²) in [6.07, 6.45) is 0. The maximum Gasteiger partial charge on any atom is 0.139 e. The summed E-state index contributed by atoms with van der Waals surface area (Å²) in [5.74, 6) is 0. The summed E-state index contributed by atoms with van der Waals surface area (Å²) in [5.41, 5.74) is 3.15. The van der Waals surface area contributed by atoms with Gasteiger partial charge in [0.05, 0.1) is 11.6 Å². The molecule has 0 saturated carbocycles. The number of nitrogens with zero attached hydrogens (tertiary/aromatic N) is 1. The number of aryl methyl sites for hydroxylation is 1. The van der Waals surface area contributed by atoms with Gasteiger partial charge in [-0.05, 0) is 13.0 Å². The average molecular weight is 129 g/mol. The molecule has 1 aromatic rings. The summed E-state index contributed by atoms with van der Waals surface area (Å²) in [7, 11) is 2.01. The van der Waals surface area contributed by atoms with Crippen LogP contribution in [0.3, 0.4) is 0 Å². The molecule has 0 unspecified atom stereocenters. The molecule has 0 atom stereocenters. The zero-order chi connectivity index (χ0) is 7.56. The van der Waals surface area contributed by atoms with Crippen molar-refractivity contribution >= 4 is 13.3 Å². The van der Waals surface area contributed by atoms with Crippen molar-refractivity contribution in [3.8, 4) is 6.07 Å². The smallest absolute Gasteiger partial charge is 0.139 e. The van der Waals surface area contributed by atoms with E-state index in [-0.39, 0.29) is 0 Å². The molecule has 0 aliphatic heterocycles. The van der Waals surface area contributed by atoms with Gasteiger partial charge in [-0.15, -0.1) is 0 Å². The second-order valence-corrected chi connectivity index (χ2v) is 2.41. The zero-order valence-corrected chi connectivity index (χ0v) is 6.18. The van der Waals surface area contributed by atoms with Gasteiger partial charge in [0.2, 0.25) is 0 Å². The molecular formula is C8H8BN. The van der Waals surface area contributed by atoms with E-state index in [4.69, 9.17) is 5.26 Å². The van der Waals surface area contributed by atoms with Crippen LogP contribution in [-0.4, -0.2) is 7.85 Å². The molecule has 0 N–H and O–H groups in total. The summed E-state index contributed by atoms with van der Waals surface area (Å²) in [6.45, 7) is 2.04. The van der Waals surface area contributed by atoms with Crippen LogP contribution in [0.25, 0.3) is 0 Å². The topological polar surface area (TPSA) is 23.8 Å². The van der Waals surface area contributed by atoms with Gasteiger partial charge in [0.1, 0.15) is 7.85 Å². The monoisotopic (exact) mass is 129 g/mol. The lowest BCUT2D eigenvalue weighted by atomic mass is 9.90. The highest BCUT2D eigenvalue weighted by atomic mass is 14.2. The van der Waals surface area contributed by atoms with Crippen LogP contribution in [-0.2, 0) is 0 Å². The third-order valence-electron chi connectivity index (χ3n) is 1.64. The summed E-state index contributed by atoms with van der Waals surface area (Å²) in [6, 6.07) is 7.79. The van der Waals surface area contributed by atoms with Gasteiger partial charge in [-0.2, -0.15) is 5.26 Å². The molecule has 0 bridgehead atoms. The van der Waals surface area contributed by atoms with E-state index in [0.717, 1.165) is 5.56 Å². The van der Waals surface area contributed by atoms with Crippen molar-refractivity contribution in [1.29, 1.82) is 5.26 Å². The molecule has 1 aromatic carbocycles. The van der Waals surface area contributed by atoms with Crippen LogP contribution in [0.5, 0.6) is 0 Å². The zero-order valence-electron chi connectivity index (χ0n) is 6.18. The predicted octanol–water partition coefficient (Wildman–Crippen LogP) is 0.125. The van der Waals surface area contributed by atoms with Crippen molar-refractivity contribution in [3.63, 3.8) is 0 Å². The Kier molecular flexibility index (Phi) is 1.77. The molecule has 0 fully saturated rings. The number of benzene rings is 1. The molecular weight excluding hydrogens is 121 g/mol. The van der Waals surface area contributed by atoms with Crippen LogP contribution in [0.2, 0.25) is 0 Å². The third kappa shape index (κ3) is 1.19. The van der Waals surface area contributed by atoms with E-state index in [1.54, 1.807) is 0 Å². The molecule has 1 rings (SSSR count). The minimum absolute atomic E-state index is 0.739. The van der Waals surface area contributed by atoms with Gasteiger partial charge in [-0.1, -0.05) is 23.2 Å². The average Bonchev–Trinajstić information content (AvgIpc) is 1.95. The predicted molar refractivity (Wildman–Crippen MR) is 44.1 cm³/mol. The van der Waals surface area contributed by atoms with Gasteiger partial charge < -0.3 is 0 Å². The number of rotatable bonds is 0. The Morgan fingerprint density at radius 1 is 1.50 bits per heavy atom. The van der Waals surface area contributed by atoms with E-state index < -0.39 is 0 Å². The number of hydrogen-bond acceptors (Lipinski definition) is 1. The van der Waals surface area contributed by atoms with Crippen molar-refractivity contribution in [1.82, 2.24) is 0 Å².